The van der Waals surface area contributed by atoms with Crippen LogP contribution in [0.15, 0.2) is 24.3 Å². The van der Waals surface area contributed by atoms with E-state index in [-0.39, 0.29) is 0 Å². The first-order chi connectivity index (χ1) is 5.00. The van der Waals surface area contributed by atoms with Gasteiger partial charge in [0.05, 0.1) is 0 Å². The van der Waals surface area contributed by atoms with Gasteiger partial charge >= 0.3 is 8.56 Å². The van der Waals surface area contributed by atoms with Gasteiger partial charge < -0.3 is 9.59 Å². The molecule has 0 saturated carbocycles. The van der Waals surface area contributed by atoms with Crippen LogP contribution >= 0.6 is 0 Å². The molecule has 0 saturated heterocycles. The Morgan fingerprint density at radius 3 is 1.91 bits per heavy atom. The van der Waals surface area contributed by atoms with Crippen molar-refractivity contribution in [3.8, 4) is 0 Å². The van der Waals surface area contributed by atoms with Gasteiger partial charge in [-0.1, -0.05) is 29.8 Å². The van der Waals surface area contributed by atoms with E-state index in [9.17, 15) is 9.59 Å². The summed E-state index contributed by atoms with van der Waals surface area (Å²) in [5, 5.41) is 0.656. The highest BCUT2D eigenvalue weighted by Crippen LogP contribution is 1.97. The van der Waals surface area contributed by atoms with Gasteiger partial charge in [0.2, 0.25) is 0 Å². The van der Waals surface area contributed by atoms with E-state index in [0.717, 1.165) is 5.56 Å². The Hall–Kier alpha value is -0.643. The Morgan fingerprint density at radius 1 is 1.09 bits per heavy atom. The minimum Gasteiger partial charge on any atom is -0.408 e. The number of benzene rings is 1. The second-order valence-electron chi connectivity index (χ2n) is 2.89. The fourth-order valence-electron chi connectivity index (χ4n) is 0.869. The van der Waals surface area contributed by atoms with Crippen molar-refractivity contribution in [3.63, 3.8) is 0 Å². The Kier molecular flexibility index (Phi) is 2.13. The van der Waals surface area contributed by atoms with Gasteiger partial charge in [0.25, 0.3) is 0 Å². The van der Waals surface area contributed by atoms with E-state index in [4.69, 9.17) is 0 Å². The normalized spacial score (nSPS) is 11.6. The molecule has 1 aromatic carbocycles. The summed E-state index contributed by atoms with van der Waals surface area (Å²) in [6.07, 6.45) is 0. The van der Waals surface area contributed by atoms with Crippen LogP contribution in [0.2, 0.25) is 6.55 Å². The minimum atomic E-state index is -3.06. The number of hydrogen-bond donors (Lipinski definition) is 2. The summed E-state index contributed by atoms with van der Waals surface area (Å²) in [5.41, 5.74) is 1.13. The quantitative estimate of drug-likeness (QED) is 0.590. The highest BCUT2D eigenvalue weighted by atomic mass is 28.4. The summed E-state index contributed by atoms with van der Waals surface area (Å²) in [4.78, 5) is 18.5. The molecule has 0 unspecified atom stereocenters. The highest BCUT2D eigenvalue weighted by molar-refractivity contribution is 6.77. The summed E-state index contributed by atoms with van der Waals surface area (Å²) in [6.45, 7) is 3.45. The summed E-state index contributed by atoms with van der Waals surface area (Å²) in [6, 6.07) is 7.29. The maximum atomic E-state index is 9.27. The van der Waals surface area contributed by atoms with E-state index in [1.165, 1.54) is 6.55 Å². The lowest BCUT2D eigenvalue weighted by atomic mass is 10.2. The molecule has 0 bridgehead atoms. The van der Waals surface area contributed by atoms with Crippen LogP contribution in [0.4, 0.5) is 0 Å². The SMILES string of the molecule is Cc1ccc([Si](C)(O)O)cc1. The molecule has 0 aliphatic heterocycles. The van der Waals surface area contributed by atoms with Crippen LogP contribution in [0.25, 0.3) is 0 Å². The van der Waals surface area contributed by atoms with E-state index in [2.05, 4.69) is 0 Å². The van der Waals surface area contributed by atoms with Crippen LogP contribution in [-0.4, -0.2) is 18.2 Å². The summed E-state index contributed by atoms with van der Waals surface area (Å²) >= 11 is 0. The van der Waals surface area contributed by atoms with Crippen LogP contribution in [0.1, 0.15) is 5.56 Å². The van der Waals surface area contributed by atoms with Crippen molar-refractivity contribution < 1.29 is 9.59 Å². The van der Waals surface area contributed by atoms with Crippen LogP contribution < -0.4 is 5.19 Å². The lowest BCUT2D eigenvalue weighted by Crippen LogP contribution is -2.44. The zero-order valence-electron chi connectivity index (χ0n) is 6.70. The number of hydrogen-bond acceptors (Lipinski definition) is 2. The Bertz CT molecular complexity index is 235. The van der Waals surface area contributed by atoms with E-state index in [0.29, 0.717) is 5.19 Å². The first-order valence-corrected chi connectivity index (χ1v) is 5.91. The van der Waals surface area contributed by atoms with Crippen molar-refractivity contribution in [2.75, 3.05) is 0 Å². The molecule has 0 aliphatic rings. The second kappa shape index (κ2) is 2.77. The minimum absolute atomic E-state index is 0.656. The average molecular weight is 168 g/mol. The molecule has 1 rings (SSSR count). The fraction of sp³-hybridized carbons (Fsp3) is 0.250. The molecule has 0 radical (unpaired) electrons. The molecule has 0 fully saturated rings. The molecule has 0 aliphatic carbocycles. The molecule has 0 heterocycles. The molecule has 0 aromatic heterocycles. The van der Waals surface area contributed by atoms with Gasteiger partial charge in [-0.05, 0) is 18.7 Å². The standard InChI is InChI=1S/C8H12O2Si/c1-7-3-5-8(6-4-7)11(2,9)10/h3-6,9-10H,1-2H3. The van der Waals surface area contributed by atoms with E-state index < -0.39 is 8.56 Å². The van der Waals surface area contributed by atoms with Crippen LogP contribution in [0.5, 0.6) is 0 Å². The van der Waals surface area contributed by atoms with Crippen molar-refractivity contribution in [2.45, 2.75) is 13.5 Å². The van der Waals surface area contributed by atoms with Crippen molar-refractivity contribution in [2.24, 2.45) is 0 Å². The number of aryl methyl sites for hydroxylation is 1. The average Bonchev–Trinajstić information content (AvgIpc) is 1.86. The Labute approximate surface area is 67.4 Å². The van der Waals surface area contributed by atoms with Crippen LogP contribution in [-0.2, 0) is 0 Å². The van der Waals surface area contributed by atoms with Crippen LogP contribution in [0, 0.1) is 6.92 Å². The van der Waals surface area contributed by atoms with E-state index >= 15 is 0 Å². The number of rotatable bonds is 1. The lowest BCUT2D eigenvalue weighted by Gasteiger charge is -2.11. The third-order valence-corrected chi connectivity index (χ3v) is 3.03. The Balaban J connectivity index is 2.99. The van der Waals surface area contributed by atoms with Gasteiger partial charge in [-0.3, -0.25) is 0 Å². The van der Waals surface area contributed by atoms with Gasteiger partial charge in [-0.2, -0.15) is 0 Å². The molecule has 11 heavy (non-hydrogen) atoms. The van der Waals surface area contributed by atoms with Gasteiger partial charge in [0.1, 0.15) is 0 Å². The summed E-state index contributed by atoms with van der Waals surface area (Å²) in [5.74, 6) is 0. The molecule has 0 atom stereocenters. The first kappa shape index (κ1) is 8.45. The summed E-state index contributed by atoms with van der Waals surface area (Å²) < 4.78 is 0. The Morgan fingerprint density at radius 2 is 1.55 bits per heavy atom. The fourth-order valence-corrected chi connectivity index (χ4v) is 1.67. The van der Waals surface area contributed by atoms with Gasteiger partial charge in [-0.15, -0.1) is 0 Å². The zero-order valence-corrected chi connectivity index (χ0v) is 7.70. The molecule has 3 heteroatoms. The van der Waals surface area contributed by atoms with Crippen LogP contribution in [0.3, 0.4) is 0 Å². The maximum absolute atomic E-state index is 9.27. The predicted octanol–water partition coefficient (Wildman–Crippen LogP) is 0.259. The maximum Gasteiger partial charge on any atom is 0.363 e. The van der Waals surface area contributed by atoms with E-state index in [1.54, 1.807) is 12.1 Å². The van der Waals surface area contributed by atoms with E-state index in [1.807, 2.05) is 19.1 Å². The van der Waals surface area contributed by atoms with Crippen molar-refractivity contribution in [1.82, 2.24) is 0 Å². The van der Waals surface area contributed by atoms with Gasteiger partial charge in [-0.25, -0.2) is 0 Å². The smallest absolute Gasteiger partial charge is 0.363 e. The molecule has 60 valence electrons. The first-order valence-electron chi connectivity index (χ1n) is 3.52. The summed E-state index contributed by atoms with van der Waals surface area (Å²) in [7, 11) is -3.06. The molecular weight excluding hydrogens is 156 g/mol. The van der Waals surface area contributed by atoms with Gasteiger partial charge in [0, 0.05) is 0 Å². The highest BCUT2D eigenvalue weighted by Gasteiger charge is 2.23. The van der Waals surface area contributed by atoms with Crippen molar-refractivity contribution in [3.05, 3.63) is 29.8 Å². The lowest BCUT2D eigenvalue weighted by molar-refractivity contribution is 0.392. The third-order valence-electron chi connectivity index (χ3n) is 1.60. The molecule has 1 aromatic rings. The zero-order chi connectivity index (χ0) is 8.48. The van der Waals surface area contributed by atoms with Crippen molar-refractivity contribution >= 4 is 13.7 Å². The third kappa shape index (κ3) is 2.15. The molecule has 2 nitrogen and oxygen atoms in total. The molecule has 2 N–H and O–H groups in total. The topological polar surface area (TPSA) is 40.5 Å². The monoisotopic (exact) mass is 168 g/mol. The largest absolute Gasteiger partial charge is 0.408 e. The molecular formula is C8H12O2Si. The molecule has 0 spiro atoms. The van der Waals surface area contributed by atoms with Gasteiger partial charge in [0.15, 0.2) is 0 Å². The molecule has 0 amide bonds. The predicted molar refractivity (Wildman–Crippen MR) is 46.9 cm³/mol. The van der Waals surface area contributed by atoms with Crippen molar-refractivity contribution in [1.29, 1.82) is 0 Å². The second-order valence-corrected chi connectivity index (χ2v) is 5.51.